The predicted octanol–water partition coefficient (Wildman–Crippen LogP) is 3.44. The number of nitrogens with one attached hydrogen (secondary N) is 2. The quantitative estimate of drug-likeness (QED) is 0.745. The van der Waals surface area contributed by atoms with Gasteiger partial charge in [0.2, 0.25) is 5.91 Å². The van der Waals surface area contributed by atoms with Crippen molar-refractivity contribution in [3.8, 4) is 0 Å². The molecule has 0 aliphatic heterocycles. The molecule has 0 heterocycles. The van der Waals surface area contributed by atoms with Crippen LogP contribution in [0.15, 0.2) is 54.6 Å². The van der Waals surface area contributed by atoms with E-state index in [-0.39, 0.29) is 24.3 Å². The van der Waals surface area contributed by atoms with Crippen molar-refractivity contribution in [2.24, 2.45) is 0 Å². The highest BCUT2D eigenvalue weighted by atomic mass is 127. The number of rotatable bonds is 5. The molecule has 0 fully saturated rings. The van der Waals surface area contributed by atoms with Gasteiger partial charge < -0.3 is 10.6 Å². The first-order valence-electron chi connectivity index (χ1n) is 6.96. The third kappa shape index (κ3) is 5.14. The molecular formula is C17H17IN2O2. The van der Waals surface area contributed by atoms with Gasteiger partial charge in [0.15, 0.2) is 0 Å². The van der Waals surface area contributed by atoms with Crippen molar-refractivity contribution in [2.75, 3.05) is 5.32 Å². The lowest BCUT2D eigenvalue weighted by molar-refractivity contribution is -0.116. The summed E-state index contributed by atoms with van der Waals surface area (Å²) >= 11 is 2.21. The SMILES string of the molecule is CC(CC(=O)Nc1ccc(I)cc1)NC(=O)c1ccccc1. The summed E-state index contributed by atoms with van der Waals surface area (Å²) in [6.07, 6.45) is 0.227. The van der Waals surface area contributed by atoms with E-state index in [1.165, 1.54) is 0 Å². The number of hydrogen-bond donors (Lipinski definition) is 2. The van der Waals surface area contributed by atoms with Crippen molar-refractivity contribution < 1.29 is 9.59 Å². The fourth-order valence-electron chi connectivity index (χ4n) is 1.97. The number of amides is 2. The van der Waals surface area contributed by atoms with Crippen LogP contribution in [-0.2, 0) is 4.79 Å². The lowest BCUT2D eigenvalue weighted by atomic mass is 10.1. The maximum atomic E-state index is 12.0. The molecule has 2 N–H and O–H groups in total. The molecular weight excluding hydrogens is 391 g/mol. The van der Waals surface area contributed by atoms with E-state index in [0.717, 1.165) is 9.26 Å². The van der Waals surface area contributed by atoms with Gasteiger partial charge in [-0.1, -0.05) is 18.2 Å². The summed E-state index contributed by atoms with van der Waals surface area (Å²) in [5, 5.41) is 5.64. The van der Waals surface area contributed by atoms with Crippen LogP contribution in [0.25, 0.3) is 0 Å². The highest BCUT2D eigenvalue weighted by Gasteiger charge is 2.13. The summed E-state index contributed by atoms with van der Waals surface area (Å²) in [6, 6.07) is 16.3. The highest BCUT2D eigenvalue weighted by Crippen LogP contribution is 2.11. The third-order valence-electron chi connectivity index (χ3n) is 3.03. The first-order valence-corrected chi connectivity index (χ1v) is 8.04. The normalized spacial score (nSPS) is 11.5. The third-order valence-corrected chi connectivity index (χ3v) is 3.75. The van der Waals surface area contributed by atoms with Crippen LogP contribution in [0, 0.1) is 3.57 Å². The van der Waals surface area contributed by atoms with Crippen molar-refractivity contribution in [3.05, 3.63) is 63.7 Å². The second-order valence-electron chi connectivity index (χ2n) is 5.00. The average molecular weight is 408 g/mol. The zero-order valence-electron chi connectivity index (χ0n) is 12.2. The first-order chi connectivity index (χ1) is 10.5. The van der Waals surface area contributed by atoms with Gasteiger partial charge in [-0.2, -0.15) is 0 Å². The molecule has 0 spiro atoms. The lowest BCUT2D eigenvalue weighted by Crippen LogP contribution is -2.35. The molecule has 1 atom stereocenters. The summed E-state index contributed by atoms with van der Waals surface area (Å²) in [5.41, 5.74) is 1.35. The number of halogens is 1. The van der Waals surface area contributed by atoms with Crippen LogP contribution in [0.2, 0.25) is 0 Å². The summed E-state index contributed by atoms with van der Waals surface area (Å²) in [4.78, 5) is 24.0. The molecule has 0 aliphatic carbocycles. The number of carbonyl (C=O) groups is 2. The van der Waals surface area contributed by atoms with Gasteiger partial charge in [-0.3, -0.25) is 9.59 Å². The Labute approximate surface area is 143 Å². The molecule has 0 bridgehead atoms. The van der Waals surface area contributed by atoms with Gasteiger partial charge in [0.05, 0.1) is 0 Å². The molecule has 22 heavy (non-hydrogen) atoms. The molecule has 0 radical (unpaired) electrons. The van der Waals surface area contributed by atoms with E-state index in [1.807, 2.05) is 49.4 Å². The monoisotopic (exact) mass is 408 g/mol. The smallest absolute Gasteiger partial charge is 0.251 e. The Morgan fingerprint density at radius 3 is 2.32 bits per heavy atom. The van der Waals surface area contributed by atoms with Gasteiger partial charge in [0, 0.05) is 27.3 Å². The van der Waals surface area contributed by atoms with E-state index >= 15 is 0 Å². The maximum Gasteiger partial charge on any atom is 0.251 e. The Balaban J connectivity index is 1.83. The number of hydrogen-bond acceptors (Lipinski definition) is 2. The second kappa shape index (κ2) is 7.93. The number of anilines is 1. The van der Waals surface area contributed by atoms with E-state index in [4.69, 9.17) is 0 Å². The van der Waals surface area contributed by atoms with Gasteiger partial charge in [-0.05, 0) is 65.9 Å². The largest absolute Gasteiger partial charge is 0.349 e. The minimum Gasteiger partial charge on any atom is -0.349 e. The van der Waals surface area contributed by atoms with Crippen molar-refractivity contribution in [3.63, 3.8) is 0 Å². The highest BCUT2D eigenvalue weighted by molar-refractivity contribution is 14.1. The average Bonchev–Trinajstić information content (AvgIpc) is 2.50. The molecule has 0 saturated carbocycles. The summed E-state index contributed by atoms with van der Waals surface area (Å²) in [7, 11) is 0. The van der Waals surface area contributed by atoms with Gasteiger partial charge in [-0.15, -0.1) is 0 Å². The fourth-order valence-corrected chi connectivity index (χ4v) is 2.33. The van der Waals surface area contributed by atoms with E-state index in [2.05, 4.69) is 33.2 Å². The van der Waals surface area contributed by atoms with Crippen LogP contribution >= 0.6 is 22.6 Å². The van der Waals surface area contributed by atoms with Gasteiger partial charge >= 0.3 is 0 Å². The summed E-state index contributed by atoms with van der Waals surface area (Å²) in [6.45, 7) is 1.81. The van der Waals surface area contributed by atoms with Crippen LogP contribution < -0.4 is 10.6 Å². The van der Waals surface area contributed by atoms with Crippen LogP contribution in [-0.4, -0.2) is 17.9 Å². The Morgan fingerprint density at radius 1 is 1.05 bits per heavy atom. The van der Waals surface area contributed by atoms with E-state index < -0.39 is 0 Å². The minimum atomic E-state index is -0.239. The molecule has 1 unspecified atom stereocenters. The van der Waals surface area contributed by atoms with E-state index in [9.17, 15) is 9.59 Å². The number of benzene rings is 2. The van der Waals surface area contributed by atoms with Gasteiger partial charge in [0.1, 0.15) is 0 Å². The van der Waals surface area contributed by atoms with E-state index in [1.54, 1.807) is 12.1 Å². The van der Waals surface area contributed by atoms with Crippen molar-refractivity contribution >= 4 is 40.1 Å². The van der Waals surface area contributed by atoms with Gasteiger partial charge in [0.25, 0.3) is 5.91 Å². The zero-order chi connectivity index (χ0) is 15.9. The molecule has 114 valence electrons. The Kier molecular flexibility index (Phi) is 5.94. The molecule has 0 aromatic heterocycles. The van der Waals surface area contributed by atoms with Crippen molar-refractivity contribution in [1.82, 2.24) is 5.32 Å². The summed E-state index contributed by atoms with van der Waals surface area (Å²) in [5.74, 6) is -0.294. The lowest BCUT2D eigenvalue weighted by Gasteiger charge is -2.14. The summed E-state index contributed by atoms with van der Waals surface area (Å²) < 4.78 is 1.11. The molecule has 2 aromatic rings. The molecule has 0 aliphatic rings. The fraction of sp³-hybridized carbons (Fsp3) is 0.176. The van der Waals surface area contributed by atoms with Gasteiger partial charge in [-0.25, -0.2) is 0 Å². The molecule has 5 heteroatoms. The molecule has 4 nitrogen and oxygen atoms in total. The Hall–Kier alpha value is -1.89. The molecule has 2 aromatic carbocycles. The predicted molar refractivity (Wildman–Crippen MR) is 95.8 cm³/mol. The van der Waals surface area contributed by atoms with Crippen LogP contribution in [0.5, 0.6) is 0 Å². The molecule has 2 amide bonds. The van der Waals surface area contributed by atoms with Crippen molar-refractivity contribution in [2.45, 2.75) is 19.4 Å². The van der Waals surface area contributed by atoms with Crippen LogP contribution in [0.1, 0.15) is 23.7 Å². The first kappa shape index (κ1) is 16.5. The number of carbonyl (C=O) groups excluding carboxylic acids is 2. The van der Waals surface area contributed by atoms with Crippen LogP contribution in [0.3, 0.4) is 0 Å². The Morgan fingerprint density at radius 2 is 1.68 bits per heavy atom. The second-order valence-corrected chi connectivity index (χ2v) is 6.25. The topological polar surface area (TPSA) is 58.2 Å². The van der Waals surface area contributed by atoms with Crippen LogP contribution in [0.4, 0.5) is 5.69 Å². The molecule has 0 saturated heterocycles. The Bertz CT molecular complexity index is 641. The zero-order valence-corrected chi connectivity index (χ0v) is 14.3. The van der Waals surface area contributed by atoms with Crippen molar-refractivity contribution in [1.29, 1.82) is 0 Å². The maximum absolute atomic E-state index is 12.0. The molecule has 2 rings (SSSR count). The minimum absolute atomic E-state index is 0.123. The van der Waals surface area contributed by atoms with E-state index in [0.29, 0.717) is 5.56 Å². The standard InChI is InChI=1S/C17H17IN2O2/c1-12(19-17(22)13-5-3-2-4-6-13)11-16(21)20-15-9-7-14(18)8-10-15/h2-10,12H,11H2,1H3,(H,19,22)(H,20,21).